The number of carbonyl (C=O) groups is 3. The second kappa shape index (κ2) is 9.66. The number of ether oxygens (including phenoxy) is 2. The fourth-order valence-electron chi connectivity index (χ4n) is 4.41. The van der Waals surface area contributed by atoms with Crippen molar-refractivity contribution in [3.63, 3.8) is 0 Å². The Bertz CT molecular complexity index is 1150. The van der Waals surface area contributed by atoms with Gasteiger partial charge in [0.1, 0.15) is 11.3 Å². The molecule has 0 radical (unpaired) electrons. The number of aromatic nitrogens is 2. The summed E-state index contributed by atoms with van der Waals surface area (Å²) >= 11 is 0. The third-order valence-corrected chi connectivity index (χ3v) is 9.67. The molecule has 36 heavy (non-hydrogen) atoms. The number of carboxylic acids is 1. The van der Waals surface area contributed by atoms with Crippen LogP contribution in [0.4, 0.5) is 4.79 Å². The average Bonchev–Trinajstić information content (AvgIpc) is 3.45. The highest BCUT2D eigenvalue weighted by molar-refractivity contribution is 7.94. The van der Waals surface area contributed by atoms with Crippen molar-refractivity contribution in [1.29, 1.82) is 0 Å². The first-order valence-electron chi connectivity index (χ1n) is 11.9. The van der Waals surface area contributed by atoms with Crippen molar-refractivity contribution in [1.82, 2.24) is 20.0 Å². The van der Waals surface area contributed by atoms with E-state index < -0.39 is 42.9 Å². The van der Waals surface area contributed by atoms with E-state index in [4.69, 9.17) is 9.47 Å². The molecule has 13 heteroatoms. The summed E-state index contributed by atoms with van der Waals surface area (Å²) in [5.41, 5.74) is -0.195. The summed E-state index contributed by atoms with van der Waals surface area (Å²) in [7, 11) is -2.21. The molecule has 202 valence electrons. The van der Waals surface area contributed by atoms with Gasteiger partial charge >= 0.3 is 12.1 Å². The molecule has 1 aromatic rings. The van der Waals surface area contributed by atoms with E-state index >= 15 is 0 Å². The van der Waals surface area contributed by atoms with Crippen LogP contribution < -0.4 is 5.32 Å². The van der Waals surface area contributed by atoms with Gasteiger partial charge in [-0.05, 0) is 53.9 Å². The maximum absolute atomic E-state index is 13.6. The summed E-state index contributed by atoms with van der Waals surface area (Å²) in [6.07, 6.45) is 0.584. The van der Waals surface area contributed by atoms with Crippen LogP contribution >= 0.6 is 0 Å². The Balaban J connectivity index is 1.61. The molecule has 0 saturated heterocycles. The molecule has 1 aliphatic carbocycles. The third kappa shape index (κ3) is 5.51. The zero-order valence-corrected chi connectivity index (χ0v) is 22.5. The maximum atomic E-state index is 13.6. The molecular formula is C23H36N4O8S. The molecular weight excluding hydrogens is 492 g/mol. The lowest BCUT2D eigenvalue weighted by Gasteiger charge is -2.35. The Morgan fingerprint density at radius 1 is 1.19 bits per heavy atom. The zero-order valence-electron chi connectivity index (χ0n) is 21.7. The molecule has 2 N–H and O–H groups in total. The summed E-state index contributed by atoms with van der Waals surface area (Å²) in [4.78, 5) is 37.8. The maximum Gasteiger partial charge on any atom is 0.407 e. The van der Waals surface area contributed by atoms with Crippen LogP contribution in [0.2, 0.25) is 0 Å². The molecule has 0 bridgehead atoms. The lowest BCUT2D eigenvalue weighted by Crippen LogP contribution is -2.52. The molecule has 0 aromatic carbocycles. The quantitative estimate of drug-likeness (QED) is 0.428. The molecule has 1 aromatic heterocycles. The van der Waals surface area contributed by atoms with Crippen molar-refractivity contribution in [2.75, 3.05) is 32.8 Å². The van der Waals surface area contributed by atoms with Crippen LogP contribution in [0.1, 0.15) is 74.0 Å². The zero-order chi connectivity index (χ0) is 27.1. The van der Waals surface area contributed by atoms with E-state index in [1.807, 2.05) is 0 Å². The molecule has 1 aliphatic heterocycles. The molecule has 0 atom stereocenters. The fraction of sp³-hybridized carbons (Fsp3) is 0.739. The topological polar surface area (TPSA) is 157 Å². The minimum absolute atomic E-state index is 0.0326. The van der Waals surface area contributed by atoms with Gasteiger partial charge in [0.15, 0.2) is 15.5 Å². The standard InChI is InChI=1S/C23H36N4O8S/c1-21(2,3)35-20(31)24-10-12-34-14-22(4,5)36(32,33)23(8-9-23)13-27-11-7-15-16(19(29)30)25-26(6)17(15)18(27)28/h7-14H2,1-6H3,(H,24,31)(H,29,30). The van der Waals surface area contributed by atoms with Crippen LogP contribution in [0.3, 0.4) is 0 Å². The number of nitrogens with zero attached hydrogens (tertiary/aromatic N) is 3. The number of nitrogens with one attached hydrogen (secondary N) is 1. The van der Waals surface area contributed by atoms with E-state index in [1.165, 1.54) is 16.6 Å². The van der Waals surface area contributed by atoms with Crippen molar-refractivity contribution in [2.24, 2.45) is 7.05 Å². The molecule has 2 amide bonds. The van der Waals surface area contributed by atoms with Crippen molar-refractivity contribution in [3.8, 4) is 0 Å². The Labute approximate surface area is 211 Å². The summed E-state index contributed by atoms with van der Waals surface area (Å²) in [5, 5.41) is 15.9. The highest BCUT2D eigenvalue weighted by Gasteiger charge is 2.61. The summed E-state index contributed by atoms with van der Waals surface area (Å²) in [5.74, 6) is -1.61. The molecule has 1 fully saturated rings. The first kappa shape index (κ1) is 27.9. The van der Waals surface area contributed by atoms with Gasteiger partial charge in [-0.25, -0.2) is 18.0 Å². The van der Waals surface area contributed by atoms with Crippen LogP contribution in [-0.2, 0) is 32.8 Å². The highest BCUT2D eigenvalue weighted by Crippen LogP contribution is 2.49. The molecule has 0 unspecified atom stereocenters. The normalized spacial score (nSPS) is 17.5. The smallest absolute Gasteiger partial charge is 0.407 e. The predicted octanol–water partition coefficient (Wildman–Crippen LogP) is 1.38. The second-order valence-electron chi connectivity index (χ2n) is 11.0. The molecule has 1 saturated carbocycles. The van der Waals surface area contributed by atoms with Crippen LogP contribution in [0, 0.1) is 0 Å². The van der Waals surface area contributed by atoms with Gasteiger partial charge in [0.05, 0.1) is 22.7 Å². The molecule has 0 spiro atoms. The van der Waals surface area contributed by atoms with E-state index in [-0.39, 0.29) is 44.2 Å². The van der Waals surface area contributed by atoms with Gasteiger partial charge < -0.3 is 24.8 Å². The lowest BCUT2D eigenvalue weighted by atomic mass is 10.0. The van der Waals surface area contributed by atoms with Crippen molar-refractivity contribution >= 4 is 27.8 Å². The summed E-state index contributed by atoms with van der Waals surface area (Å²) in [6, 6.07) is 0. The monoisotopic (exact) mass is 528 g/mol. The van der Waals surface area contributed by atoms with Gasteiger partial charge in [0, 0.05) is 32.2 Å². The summed E-state index contributed by atoms with van der Waals surface area (Å²) in [6.45, 7) is 8.93. The van der Waals surface area contributed by atoms with Crippen LogP contribution in [0.25, 0.3) is 0 Å². The van der Waals surface area contributed by atoms with Gasteiger partial charge in [-0.1, -0.05) is 0 Å². The minimum atomic E-state index is -3.72. The molecule has 12 nitrogen and oxygen atoms in total. The number of aromatic carboxylic acids is 1. The van der Waals surface area contributed by atoms with Gasteiger partial charge in [-0.2, -0.15) is 5.10 Å². The Morgan fingerprint density at radius 3 is 2.39 bits per heavy atom. The van der Waals surface area contributed by atoms with Gasteiger partial charge in [-0.3, -0.25) is 9.48 Å². The minimum Gasteiger partial charge on any atom is -0.476 e. The van der Waals surface area contributed by atoms with E-state index in [0.29, 0.717) is 24.8 Å². The number of rotatable bonds is 10. The van der Waals surface area contributed by atoms with Gasteiger partial charge in [0.25, 0.3) is 5.91 Å². The van der Waals surface area contributed by atoms with E-state index in [2.05, 4.69) is 10.4 Å². The first-order valence-corrected chi connectivity index (χ1v) is 13.4. The Morgan fingerprint density at radius 2 is 1.83 bits per heavy atom. The highest BCUT2D eigenvalue weighted by atomic mass is 32.2. The number of hydrogen-bond donors (Lipinski definition) is 2. The van der Waals surface area contributed by atoms with Gasteiger partial charge in [0.2, 0.25) is 0 Å². The Kier molecular flexibility index (Phi) is 7.49. The number of aryl methyl sites for hydroxylation is 1. The second-order valence-corrected chi connectivity index (χ2v) is 14.0. The lowest BCUT2D eigenvalue weighted by molar-refractivity contribution is 0.0492. The summed E-state index contributed by atoms with van der Waals surface area (Å²) < 4.78 is 37.0. The average molecular weight is 529 g/mol. The van der Waals surface area contributed by atoms with E-state index in [1.54, 1.807) is 34.6 Å². The number of sulfone groups is 1. The molecule has 2 aliphatic rings. The van der Waals surface area contributed by atoms with Crippen LogP contribution in [0.15, 0.2) is 0 Å². The van der Waals surface area contributed by atoms with E-state index in [0.717, 1.165) is 0 Å². The van der Waals surface area contributed by atoms with Crippen LogP contribution in [-0.4, -0.2) is 94.1 Å². The number of carboxylic acid groups (broad SMARTS) is 1. The number of carbonyl (C=O) groups excluding carboxylic acids is 2. The molecule has 3 rings (SSSR count). The van der Waals surface area contributed by atoms with Crippen molar-refractivity contribution in [2.45, 2.75) is 69.0 Å². The fourth-order valence-corrected chi connectivity index (χ4v) is 6.79. The van der Waals surface area contributed by atoms with Crippen molar-refractivity contribution in [3.05, 3.63) is 17.0 Å². The first-order chi connectivity index (χ1) is 16.5. The Hall–Kier alpha value is -2.67. The molecule has 2 heterocycles. The third-order valence-electron chi connectivity index (χ3n) is 6.42. The number of hydrogen-bond acceptors (Lipinski definition) is 8. The number of fused-ring (bicyclic) bond motifs is 1. The SMILES string of the molecule is Cn1nc(C(=O)O)c2c1C(=O)N(CC1(S(=O)(=O)C(C)(C)COCCNC(=O)OC(C)(C)C)CC1)CC2. The predicted molar refractivity (Wildman–Crippen MR) is 130 cm³/mol. The van der Waals surface area contributed by atoms with Crippen LogP contribution in [0.5, 0.6) is 0 Å². The van der Waals surface area contributed by atoms with Crippen molar-refractivity contribution < 1.29 is 37.4 Å². The number of amides is 2. The largest absolute Gasteiger partial charge is 0.476 e. The van der Waals surface area contributed by atoms with Gasteiger partial charge in [-0.15, -0.1) is 0 Å². The van der Waals surface area contributed by atoms with E-state index in [9.17, 15) is 27.9 Å². The number of alkyl carbamates (subject to hydrolysis) is 1.